The predicted octanol–water partition coefficient (Wildman–Crippen LogP) is 8.22. The first-order chi connectivity index (χ1) is 20.0. The molecule has 204 valence electrons. The quantitative estimate of drug-likeness (QED) is 0.194. The fourth-order valence-electron chi connectivity index (χ4n) is 5.67. The van der Waals surface area contributed by atoms with Gasteiger partial charge in [0.15, 0.2) is 0 Å². The van der Waals surface area contributed by atoms with E-state index in [9.17, 15) is 9.90 Å². The lowest BCUT2D eigenvalue weighted by Gasteiger charge is -2.19. The second-order valence-electron chi connectivity index (χ2n) is 10.2. The lowest BCUT2D eigenvalue weighted by Crippen LogP contribution is -2.15. The van der Waals surface area contributed by atoms with E-state index in [1.807, 2.05) is 36.4 Å². The number of nitrogens with two attached hydrogens (primary N) is 1. The minimum Gasteiger partial charge on any atom is -0.493 e. The van der Waals surface area contributed by atoms with Crippen molar-refractivity contribution in [2.75, 3.05) is 6.61 Å². The van der Waals surface area contributed by atoms with Gasteiger partial charge in [0.05, 0.1) is 18.2 Å². The zero-order chi connectivity index (χ0) is 28.3. The highest BCUT2D eigenvalue weighted by molar-refractivity contribution is 6.08. The Morgan fingerprint density at radius 2 is 1.56 bits per heavy atom. The molecule has 0 aliphatic rings. The Morgan fingerprint density at radius 3 is 2.34 bits per heavy atom. The summed E-state index contributed by atoms with van der Waals surface area (Å²) < 4.78 is 8.62. The number of hydrogen-bond acceptors (Lipinski definition) is 3. The molecule has 0 amide bonds. The summed E-state index contributed by atoms with van der Waals surface area (Å²) in [6.07, 6.45) is 2.67. The molecule has 0 spiro atoms. The molecule has 1 aromatic heterocycles. The molecule has 5 heteroatoms. The van der Waals surface area contributed by atoms with Crippen molar-refractivity contribution < 1.29 is 14.6 Å². The minimum atomic E-state index is -0.944. The summed E-state index contributed by atoms with van der Waals surface area (Å²) >= 11 is 0. The Balaban J connectivity index is 1.34. The number of ether oxygens (including phenoxy) is 1. The number of rotatable bonds is 9. The Morgan fingerprint density at radius 1 is 0.854 bits per heavy atom. The molecule has 6 aromatic rings. The van der Waals surface area contributed by atoms with Crippen LogP contribution >= 0.6 is 0 Å². The summed E-state index contributed by atoms with van der Waals surface area (Å²) in [5, 5.41) is 13.9. The summed E-state index contributed by atoms with van der Waals surface area (Å²) in [6, 6.07) is 35.8. The second kappa shape index (κ2) is 11.3. The van der Waals surface area contributed by atoms with Gasteiger partial charge in [-0.1, -0.05) is 78.9 Å². The Hall–Kier alpha value is -4.87. The molecule has 1 heterocycles. The van der Waals surface area contributed by atoms with E-state index in [1.54, 1.807) is 12.1 Å². The summed E-state index contributed by atoms with van der Waals surface area (Å²) in [6.45, 7) is 3.51. The fourth-order valence-corrected chi connectivity index (χ4v) is 5.67. The Labute approximate surface area is 239 Å². The molecule has 5 aromatic carbocycles. The monoisotopic (exact) mass is 540 g/mol. The Bertz CT molecular complexity index is 1900. The molecular formula is C36H32N2O3. The van der Waals surface area contributed by atoms with Gasteiger partial charge in [-0.15, -0.1) is 0 Å². The van der Waals surface area contributed by atoms with Crippen molar-refractivity contribution in [3.63, 3.8) is 0 Å². The maximum absolute atomic E-state index is 11.4. The van der Waals surface area contributed by atoms with Crippen molar-refractivity contribution in [2.24, 2.45) is 5.73 Å². The third-order valence-electron chi connectivity index (χ3n) is 7.78. The fraction of sp³-hybridized carbons (Fsp3) is 0.139. The zero-order valence-electron chi connectivity index (χ0n) is 23.0. The molecule has 3 N–H and O–H groups in total. The number of nitrogens with zero attached hydrogens (tertiary/aromatic N) is 1. The number of aryl methyl sites for hydroxylation is 1. The van der Waals surface area contributed by atoms with Gasteiger partial charge in [-0.25, -0.2) is 4.79 Å². The molecule has 41 heavy (non-hydrogen) atoms. The molecule has 5 nitrogen and oxygen atoms in total. The highest BCUT2D eigenvalue weighted by Gasteiger charge is 2.17. The van der Waals surface area contributed by atoms with E-state index in [4.69, 9.17) is 10.5 Å². The summed E-state index contributed by atoms with van der Waals surface area (Å²) in [5.74, 6) is -0.101. The number of aromatic nitrogens is 1. The van der Waals surface area contributed by atoms with Crippen molar-refractivity contribution in [3.05, 3.63) is 131 Å². The van der Waals surface area contributed by atoms with Crippen molar-refractivity contribution in [1.82, 2.24) is 4.57 Å². The highest BCUT2D eigenvalue weighted by Crippen LogP contribution is 2.33. The topological polar surface area (TPSA) is 77.5 Å². The van der Waals surface area contributed by atoms with Crippen LogP contribution in [-0.4, -0.2) is 22.2 Å². The molecule has 0 aliphatic carbocycles. The van der Waals surface area contributed by atoms with Crippen LogP contribution in [0.1, 0.15) is 40.9 Å². The van der Waals surface area contributed by atoms with Gasteiger partial charge in [0, 0.05) is 40.2 Å². The van der Waals surface area contributed by atoms with Gasteiger partial charge in [-0.3, -0.25) is 0 Å². The first kappa shape index (κ1) is 26.4. The third-order valence-corrected chi connectivity index (χ3v) is 7.78. The number of benzene rings is 5. The van der Waals surface area contributed by atoms with Crippen LogP contribution in [0.2, 0.25) is 0 Å². The van der Waals surface area contributed by atoms with E-state index in [0.29, 0.717) is 13.0 Å². The van der Waals surface area contributed by atoms with Crippen LogP contribution in [0.15, 0.2) is 115 Å². The average molecular weight is 541 g/mol. The van der Waals surface area contributed by atoms with Crippen LogP contribution < -0.4 is 10.5 Å². The van der Waals surface area contributed by atoms with E-state index < -0.39 is 5.97 Å². The predicted molar refractivity (Wildman–Crippen MR) is 167 cm³/mol. The average Bonchev–Trinajstić information content (AvgIpc) is 3.33. The second-order valence-corrected chi connectivity index (χ2v) is 10.2. The smallest absolute Gasteiger partial charge is 0.335 e. The van der Waals surface area contributed by atoms with Crippen LogP contribution in [0.4, 0.5) is 0 Å². The van der Waals surface area contributed by atoms with Crippen LogP contribution in [0.25, 0.3) is 38.7 Å². The van der Waals surface area contributed by atoms with Gasteiger partial charge >= 0.3 is 5.97 Å². The van der Waals surface area contributed by atoms with Crippen LogP contribution in [-0.2, 0) is 6.54 Å². The lowest BCUT2D eigenvalue weighted by molar-refractivity contribution is 0.0697. The third kappa shape index (κ3) is 5.20. The molecule has 0 bridgehead atoms. The molecule has 0 saturated carbocycles. The van der Waals surface area contributed by atoms with Crippen molar-refractivity contribution in [2.45, 2.75) is 25.9 Å². The molecular weight excluding hydrogens is 508 g/mol. The van der Waals surface area contributed by atoms with Crippen molar-refractivity contribution >= 4 is 44.6 Å². The molecule has 1 atom stereocenters. The zero-order valence-corrected chi connectivity index (χ0v) is 23.0. The largest absolute Gasteiger partial charge is 0.493 e. The highest BCUT2D eigenvalue weighted by atomic mass is 16.5. The minimum absolute atomic E-state index is 0.255. The summed E-state index contributed by atoms with van der Waals surface area (Å²) in [5.41, 5.74) is 12.6. The molecule has 0 saturated heterocycles. The standard InChI is InChI=1S/C36H32N2O3/c1-2-38-32-12-6-5-11-30(32)31-23-27(18-19-33(31)38)35(37)28(22-24-14-16-26(17-15-24)36(39)40)20-21-41-34-13-7-9-25-8-3-4-10-29(25)34/h3-19,22-23,35H,2,20-21,37H2,1H3,(H,39,40)/b28-22+. The van der Waals surface area contributed by atoms with Gasteiger partial charge in [0.1, 0.15) is 5.75 Å². The van der Waals surface area contributed by atoms with Gasteiger partial charge in [-0.2, -0.15) is 0 Å². The number of hydrogen-bond donors (Lipinski definition) is 2. The molecule has 0 radical (unpaired) electrons. The number of para-hydroxylation sites is 1. The van der Waals surface area contributed by atoms with Crippen LogP contribution in [0.3, 0.4) is 0 Å². The first-order valence-corrected chi connectivity index (χ1v) is 13.9. The number of carbonyl (C=O) groups is 1. The lowest BCUT2D eigenvalue weighted by atomic mass is 9.94. The maximum atomic E-state index is 11.4. The first-order valence-electron chi connectivity index (χ1n) is 13.9. The number of carboxylic acid groups (broad SMARTS) is 1. The number of carboxylic acids is 1. The molecule has 0 fully saturated rings. The molecule has 6 rings (SSSR count). The van der Waals surface area contributed by atoms with Gasteiger partial charge in [-0.05, 0) is 65.4 Å². The van der Waals surface area contributed by atoms with Crippen LogP contribution in [0, 0.1) is 0 Å². The van der Waals surface area contributed by atoms with E-state index in [1.165, 1.54) is 21.8 Å². The van der Waals surface area contributed by atoms with Crippen molar-refractivity contribution in [1.29, 1.82) is 0 Å². The summed E-state index contributed by atoms with van der Waals surface area (Å²) in [4.78, 5) is 11.4. The molecule has 1 unspecified atom stereocenters. The van der Waals surface area contributed by atoms with E-state index in [-0.39, 0.29) is 11.6 Å². The number of fused-ring (bicyclic) bond motifs is 4. The summed E-state index contributed by atoms with van der Waals surface area (Å²) in [7, 11) is 0. The van der Waals surface area contributed by atoms with Gasteiger partial charge in [0.25, 0.3) is 0 Å². The van der Waals surface area contributed by atoms with E-state index >= 15 is 0 Å². The number of aromatic carboxylic acids is 1. The van der Waals surface area contributed by atoms with Gasteiger partial charge in [0.2, 0.25) is 0 Å². The SMILES string of the molecule is CCn1c2ccccc2c2cc(C(N)/C(=C/c3ccc(C(=O)O)cc3)CCOc3cccc4ccccc34)ccc21. The van der Waals surface area contributed by atoms with Gasteiger partial charge < -0.3 is 20.1 Å². The van der Waals surface area contributed by atoms with Crippen molar-refractivity contribution in [3.8, 4) is 5.75 Å². The van der Waals surface area contributed by atoms with E-state index in [0.717, 1.165) is 39.8 Å². The normalized spacial score (nSPS) is 12.7. The van der Waals surface area contributed by atoms with E-state index in [2.05, 4.69) is 78.2 Å². The Kier molecular flexibility index (Phi) is 7.28. The maximum Gasteiger partial charge on any atom is 0.335 e. The van der Waals surface area contributed by atoms with Crippen LogP contribution in [0.5, 0.6) is 5.75 Å². The molecule has 0 aliphatic heterocycles.